The van der Waals surface area contributed by atoms with Crippen molar-refractivity contribution >= 4 is 17.7 Å². The van der Waals surface area contributed by atoms with Crippen LogP contribution in [-0.4, -0.2) is 100 Å². The van der Waals surface area contributed by atoms with Gasteiger partial charge in [-0.15, -0.1) is 0 Å². The summed E-state index contributed by atoms with van der Waals surface area (Å²) in [5, 5.41) is 0. The van der Waals surface area contributed by atoms with E-state index in [2.05, 4.69) is 6.92 Å². The lowest BCUT2D eigenvalue weighted by molar-refractivity contribution is -0.137. The zero-order chi connectivity index (χ0) is 20.9. The molecule has 0 radical (unpaired) electrons. The van der Waals surface area contributed by atoms with Crippen molar-refractivity contribution in [2.45, 2.75) is 19.8 Å². The van der Waals surface area contributed by atoms with Crippen LogP contribution >= 0.6 is 0 Å². The standard InChI is InChI=1S/C20H32N2O7/c1-17-4-6-21(16-17)18(23)5-8-26-10-12-28-14-15-29-13-11-27-9-7-22-19(24)2-3-20(22)25/h2-3,17H,4-16H2,1H3/t17-/m1/s1. The molecular weight excluding hydrogens is 380 g/mol. The Morgan fingerprint density at radius 1 is 0.897 bits per heavy atom. The maximum absolute atomic E-state index is 11.9. The molecule has 3 amide bonds. The average molecular weight is 412 g/mol. The summed E-state index contributed by atoms with van der Waals surface area (Å²) in [6, 6.07) is 0. The SMILES string of the molecule is C[C@@H]1CCN(C(=O)CCOCCOCCOCCOCCN2C(=O)C=CC2=O)C1. The number of carbonyl (C=O) groups excluding carboxylic acids is 3. The summed E-state index contributed by atoms with van der Waals surface area (Å²) < 4.78 is 21.5. The van der Waals surface area contributed by atoms with Gasteiger partial charge in [-0.1, -0.05) is 6.92 Å². The molecule has 1 saturated heterocycles. The summed E-state index contributed by atoms with van der Waals surface area (Å²) in [7, 11) is 0. The van der Waals surface area contributed by atoms with Gasteiger partial charge in [-0.05, 0) is 12.3 Å². The lowest BCUT2D eigenvalue weighted by atomic mass is 10.2. The highest BCUT2D eigenvalue weighted by atomic mass is 16.6. The maximum atomic E-state index is 11.9. The topological polar surface area (TPSA) is 94.6 Å². The highest BCUT2D eigenvalue weighted by Crippen LogP contribution is 2.15. The predicted molar refractivity (Wildman–Crippen MR) is 104 cm³/mol. The third-order valence-corrected chi connectivity index (χ3v) is 4.71. The van der Waals surface area contributed by atoms with E-state index in [1.165, 1.54) is 12.2 Å². The van der Waals surface area contributed by atoms with Crippen molar-refractivity contribution in [1.29, 1.82) is 0 Å². The molecule has 2 rings (SSSR count). The van der Waals surface area contributed by atoms with E-state index in [1.807, 2.05) is 4.90 Å². The van der Waals surface area contributed by atoms with Gasteiger partial charge in [-0.2, -0.15) is 0 Å². The molecule has 0 saturated carbocycles. The van der Waals surface area contributed by atoms with E-state index < -0.39 is 0 Å². The highest BCUT2D eigenvalue weighted by Gasteiger charge is 2.23. The molecule has 0 aliphatic carbocycles. The van der Waals surface area contributed by atoms with E-state index in [9.17, 15) is 14.4 Å². The number of nitrogens with zero attached hydrogens (tertiary/aromatic N) is 2. The molecule has 0 aromatic rings. The van der Waals surface area contributed by atoms with Crippen LogP contribution in [0.4, 0.5) is 0 Å². The Kier molecular flexibility index (Phi) is 10.9. The summed E-state index contributed by atoms with van der Waals surface area (Å²) in [4.78, 5) is 37.6. The Labute approximate surface area is 171 Å². The zero-order valence-corrected chi connectivity index (χ0v) is 17.2. The first kappa shape index (κ1) is 23.5. The minimum atomic E-state index is -0.302. The highest BCUT2D eigenvalue weighted by molar-refractivity contribution is 6.12. The number of ether oxygens (including phenoxy) is 4. The second kappa shape index (κ2) is 13.4. The minimum absolute atomic E-state index is 0.168. The fourth-order valence-corrected chi connectivity index (χ4v) is 3.05. The van der Waals surface area contributed by atoms with Gasteiger partial charge in [0.05, 0.1) is 65.8 Å². The average Bonchev–Trinajstić information content (AvgIpc) is 3.28. The van der Waals surface area contributed by atoms with Crippen molar-refractivity contribution in [2.24, 2.45) is 5.92 Å². The van der Waals surface area contributed by atoms with Crippen LogP contribution in [0, 0.1) is 5.92 Å². The molecule has 2 aliphatic heterocycles. The number of likely N-dealkylation sites (tertiary alicyclic amines) is 1. The van der Waals surface area contributed by atoms with Gasteiger partial charge in [0.15, 0.2) is 0 Å². The second-order valence-corrected chi connectivity index (χ2v) is 7.09. The van der Waals surface area contributed by atoms with Gasteiger partial charge >= 0.3 is 0 Å². The molecule has 0 unspecified atom stereocenters. The van der Waals surface area contributed by atoms with Gasteiger partial charge in [0.1, 0.15) is 0 Å². The van der Waals surface area contributed by atoms with Crippen molar-refractivity contribution in [1.82, 2.24) is 9.80 Å². The molecule has 1 fully saturated rings. The van der Waals surface area contributed by atoms with Gasteiger partial charge in [0, 0.05) is 25.2 Å². The van der Waals surface area contributed by atoms with Crippen molar-refractivity contribution in [3.05, 3.63) is 12.2 Å². The number of imide groups is 1. The van der Waals surface area contributed by atoms with Crippen LogP contribution in [0.3, 0.4) is 0 Å². The number of carbonyl (C=O) groups is 3. The van der Waals surface area contributed by atoms with Crippen molar-refractivity contribution in [3.63, 3.8) is 0 Å². The predicted octanol–water partition coefficient (Wildman–Crippen LogP) is 0.236. The van der Waals surface area contributed by atoms with E-state index >= 15 is 0 Å². The first-order chi connectivity index (χ1) is 14.1. The summed E-state index contributed by atoms with van der Waals surface area (Å²) in [6.45, 7) is 7.46. The molecule has 0 bridgehead atoms. The Hall–Kier alpha value is -1.81. The minimum Gasteiger partial charge on any atom is -0.379 e. The summed E-state index contributed by atoms with van der Waals surface area (Å²) in [6.07, 6.45) is 4.02. The van der Waals surface area contributed by atoms with Crippen LogP contribution in [0.5, 0.6) is 0 Å². The molecule has 0 aromatic heterocycles. The lowest BCUT2D eigenvalue weighted by Crippen LogP contribution is -2.33. The molecule has 2 heterocycles. The van der Waals surface area contributed by atoms with Gasteiger partial charge in [-0.25, -0.2) is 0 Å². The van der Waals surface area contributed by atoms with Crippen LogP contribution in [0.25, 0.3) is 0 Å². The van der Waals surface area contributed by atoms with E-state index in [0.717, 1.165) is 24.4 Å². The summed E-state index contributed by atoms with van der Waals surface area (Å²) in [5.74, 6) is 0.166. The Morgan fingerprint density at radius 3 is 1.93 bits per heavy atom. The van der Waals surface area contributed by atoms with Crippen LogP contribution in [-0.2, 0) is 33.3 Å². The third kappa shape index (κ3) is 9.03. The number of hydrogen-bond donors (Lipinski definition) is 0. The largest absolute Gasteiger partial charge is 0.379 e. The molecule has 29 heavy (non-hydrogen) atoms. The van der Waals surface area contributed by atoms with Gasteiger partial charge < -0.3 is 23.8 Å². The summed E-state index contributed by atoms with van der Waals surface area (Å²) >= 11 is 0. The van der Waals surface area contributed by atoms with Crippen LogP contribution in [0.1, 0.15) is 19.8 Å². The number of rotatable bonds is 15. The van der Waals surface area contributed by atoms with E-state index in [4.69, 9.17) is 18.9 Å². The second-order valence-electron chi connectivity index (χ2n) is 7.09. The van der Waals surface area contributed by atoms with Gasteiger partial charge in [-0.3, -0.25) is 19.3 Å². The van der Waals surface area contributed by atoms with Gasteiger partial charge in [0.25, 0.3) is 11.8 Å². The first-order valence-corrected chi connectivity index (χ1v) is 10.2. The first-order valence-electron chi connectivity index (χ1n) is 10.2. The van der Waals surface area contributed by atoms with Crippen molar-refractivity contribution in [3.8, 4) is 0 Å². The van der Waals surface area contributed by atoms with Crippen LogP contribution in [0.2, 0.25) is 0 Å². The smallest absolute Gasteiger partial charge is 0.253 e. The molecule has 9 heteroatoms. The van der Waals surface area contributed by atoms with Crippen LogP contribution in [0.15, 0.2) is 12.2 Å². The maximum Gasteiger partial charge on any atom is 0.253 e. The lowest BCUT2D eigenvalue weighted by Gasteiger charge is -2.15. The molecule has 0 aromatic carbocycles. The molecular formula is C20H32N2O7. The Balaban J connectivity index is 1.29. The van der Waals surface area contributed by atoms with Crippen molar-refractivity contribution in [2.75, 3.05) is 72.5 Å². The molecule has 0 spiro atoms. The zero-order valence-electron chi connectivity index (χ0n) is 17.2. The Bertz CT molecular complexity index is 549. The summed E-state index contributed by atoms with van der Waals surface area (Å²) in [5.41, 5.74) is 0. The van der Waals surface area contributed by atoms with E-state index in [1.54, 1.807) is 0 Å². The molecule has 2 aliphatic rings. The Morgan fingerprint density at radius 2 is 1.41 bits per heavy atom. The molecule has 1 atom stereocenters. The van der Waals surface area contributed by atoms with Gasteiger partial charge in [0.2, 0.25) is 5.91 Å². The monoisotopic (exact) mass is 412 g/mol. The van der Waals surface area contributed by atoms with E-state index in [0.29, 0.717) is 58.6 Å². The normalized spacial score (nSPS) is 19.0. The molecule has 164 valence electrons. The molecule has 0 N–H and O–H groups in total. The number of hydrogen-bond acceptors (Lipinski definition) is 7. The molecule has 9 nitrogen and oxygen atoms in total. The van der Waals surface area contributed by atoms with E-state index in [-0.39, 0.29) is 30.9 Å². The van der Waals surface area contributed by atoms with Crippen LogP contribution < -0.4 is 0 Å². The third-order valence-electron chi connectivity index (χ3n) is 4.71. The fraction of sp³-hybridized carbons (Fsp3) is 0.750. The number of amides is 3. The fourth-order valence-electron chi connectivity index (χ4n) is 3.05. The quantitative estimate of drug-likeness (QED) is 0.281. The van der Waals surface area contributed by atoms with Crippen molar-refractivity contribution < 1.29 is 33.3 Å².